The number of amidine groups is 1. The van der Waals surface area contributed by atoms with Crippen molar-refractivity contribution >= 4 is 23.3 Å². The fourth-order valence-corrected chi connectivity index (χ4v) is 2.70. The molecule has 0 bridgehead atoms. The number of anilines is 1. The fourth-order valence-electron chi connectivity index (χ4n) is 2.29. The Hall–Kier alpha value is -1.94. The van der Waals surface area contributed by atoms with Gasteiger partial charge in [-0.25, -0.2) is 0 Å². The van der Waals surface area contributed by atoms with Crippen molar-refractivity contribution in [3.63, 3.8) is 0 Å². The summed E-state index contributed by atoms with van der Waals surface area (Å²) in [6.07, 6.45) is 2.93. The molecule has 0 saturated carbocycles. The van der Waals surface area contributed by atoms with Gasteiger partial charge >= 0.3 is 0 Å². The van der Waals surface area contributed by atoms with Crippen LogP contribution in [0.15, 0.2) is 58.5 Å². The van der Waals surface area contributed by atoms with E-state index < -0.39 is 0 Å². The number of benzene rings is 2. The second-order valence-corrected chi connectivity index (χ2v) is 5.62. The van der Waals surface area contributed by atoms with Crippen LogP contribution in [0.3, 0.4) is 0 Å². The predicted octanol–water partition coefficient (Wildman–Crippen LogP) is 3.56. The van der Waals surface area contributed by atoms with Crippen molar-refractivity contribution in [3.8, 4) is 11.1 Å². The van der Waals surface area contributed by atoms with Crippen molar-refractivity contribution in [2.24, 2.45) is 10.8 Å². The van der Waals surface area contributed by atoms with E-state index in [-0.39, 0.29) is 0 Å². The number of hydrogen-bond donors (Lipinski definition) is 1. The fraction of sp³-hybridized carbons (Fsp3) is 0.188. The Morgan fingerprint density at radius 2 is 1.90 bits per heavy atom. The lowest BCUT2D eigenvalue weighted by molar-refractivity contribution is 0.922. The zero-order chi connectivity index (χ0) is 13.9. The molecule has 0 aromatic heterocycles. The van der Waals surface area contributed by atoms with E-state index in [0.717, 1.165) is 18.7 Å². The van der Waals surface area contributed by atoms with Crippen molar-refractivity contribution in [2.75, 3.05) is 17.8 Å². The summed E-state index contributed by atoms with van der Waals surface area (Å²) in [4.78, 5) is 1.28. The number of nitrogens with zero attached hydrogens (tertiary/aromatic N) is 2. The summed E-state index contributed by atoms with van der Waals surface area (Å²) in [6, 6.07) is 17.0. The Labute approximate surface area is 123 Å². The first-order chi connectivity index (χ1) is 9.76. The molecule has 1 aliphatic heterocycles. The summed E-state index contributed by atoms with van der Waals surface area (Å²) in [5.41, 5.74) is 9.27. The van der Waals surface area contributed by atoms with Gasteiger partial charge in [0.15, 0.2) is 0 Å². The molecule has 0 spiro atoms. The third-order valence-electron chi connectivity index (χ3n) is 3.40. The van der Waals surface area contributed by atoms with Crippen LogP contribution in [0.25, 0.3) is 11.1 Å². The topological polar surface area (TPSA) is 41.6 Å². The summed E-state index contributed by atoms with van der Waals surface area (Å²) in [6.45, 7) is 0.862. The van der Waals surface area contributed by atoms with Crippen LogP contribution in [-0.2, 0) is 0 Å². The molecule has 0 atom stereocenters. The van der Waals surface area contributed by atoms with E-state index in [2.05, 4.69) is 59.9 Å². The molecular formula is C16H17N3S. The first-order valence-electron chi connectivity index (χ1n) is 6.61. The SMILES string of the molecule is CSc1ccc(-c2cccc(N3CCC(N)=N3)c2)cc1. The standard InChI is InChI=1S/C16H17N3S/c1-20-15-7-5-12(6-8-15)13-3-2-4-14(11-13)19-10-9-16(17)18-19/h2-8,11H,9-10H2,1H3,(H2,17,18). The van der Waals surface area contributed by atoms with Gasteiger partial charge in [0.25, 0.3) is 0 Å². The van der Waals surface area contributed by atoms with Gasteiger partial charge in [0.2, 0.25) is 0 Å². The van der Waals surface area contributed by atoms with E-state index in [1.165, 1.54) is 16.0 Å². The second kappa shape index (κ2) is 5.59. The minimum absolute atomic E-state index is 0.708. The lowest BCUT2D eigenvalue weighted by Crippen LogP contribution is -2.11. The van der Waals surface area contributed by atoms with Gasteiger partial charge in [-0.05, 0) is 41.6 Å². The molecule has 1 heterocycles. The highest BCUT2D eigenvalue weighted by atomic mass is 32.2. The van der Waals surface area contributed by atoms with Crippen molar-refractivity contribution in [1.29, 1.82) is 0 Å². The quantitative estimate of drug-likeness (QED) is 0.876. The second-order valence-electron chi connectivity index (χ2n) is 4.74. The van der Waals surface area contributed by atoms with E-state index in [4.69, 9.17) is 5.73 Å². The van der Waals surface area contributed by atoms with Crippen LogP contribution in [0.1, 0.15) is 6.42 Å². The highest BCUT2D eigenvalue weighted by Crippen LogP contribution is 2.27. The van der Waals surface area contributed by atoms with Gasteiger partial charge in [0.1, 0.15) is 5.84 Å². The third-order valence-corrected chi connectivity index (χ3v) is 4.14. The molecule has 2 N–H and O–H groups in total. The summed E-state index contributed by atoms with van der Waals surface area (Å²) in [7, 11) is 0. The van der Waals surface area contributed by atoms with Crippen LogP contribution >= 0.6 is 11.8 Å². The van der Waals surface area contributed by atoms with Crippen molar-refractivity contribution in [1.82, 2.24) is 0 Å². The third kappa shape index (κ3) is 2.65. The largest absolute Gasteiger partial charge is 0.386 e. The Morgan fingerprint density at radius 1 is 1.10 bits per heavy atom. The monoisotopic (exact) mass is 283 g/mol. The van der Waals surface area contributed by atoms with E-state index in [1.807, 2.05) is 5.01 Å². The first-order valence-corrected chi connectivity index (χ1v) is 7.84. The van der Waals surface area contributed by atoms with E-state index in [1.54, 1.807) is 11.8 Å². The molecule has 0 unspecified atom stereocenters. The summed E-state index contributed by atoms with van der Waals surface area (Å²) in [5.74, 6) is 0.708. The number of hydrogen-bond acceptors (Lipinski definition) is 4. The number of nitrogens with two attached hydrogens (primary N) is 1. The Bertz CT molecular complexity index is 634. The normalized spacial score (nSPS) is 14.4. The maximum atomic E-state index is 5.75. The molecule has 102 valence electrons. The summed E-state index contributed by atoms with van der Waals surface area (Å²) < 4.78 is 0. The minimum atomic E-state index is 0.708. The van der Waals surface area contributed by atoms with Crippen LogP contribution < -0.4 is 10.7 Å². The highest BCUT2D eigenvalue weighted by molar-refractivity contribution is 7.98. The predicted molar refractivity (Wildman–Crippen MR) is 87.2 cm³/mol. The molecule has 4 heteroatoms. The van der Waals surface area contributed by atoms with E-state index >= 15 is 0 Å². The minimum Gasteiger partial charge on any atom is -0.386 e. The molecule has 2 aromatic carbocycles. The highest BCUT2D eigenvalue weighted by Gasteiger charge is 2.13. The van der Waals surface area contributed by atoms with Gasteiger partial charge < -0.3 is 5.73 Å². The van der Waals surface area contributed by atoms with Gasteiger partial charge in [-0.15, -0.1) is 11.8 Å². The number of hydrazone groups is 1. The Morgan fingerprint density at radius 3 is 2.55 bits per heavy atom. The molecule has 0 fully saturated rings. The maximum absolute atomic E-state index is 5.75. The van der Waals surface area contributed by atoms with E-state index in [9.17, 15) is 0 Å². The molecule has 0 radical (unpaired) electrons. The van der Waals surface area contributed by atoms with Crippen LogP contribution in [0.5, 0.6) is 0 Å². The number of thioether (sulfide) groups is 1. The van der Waals surface area contributed by atoms with Gasteiger partial charge in [-0.2, -0.15) is 5.10 Å². The van der Waals surface area contributed by atoms with E-state index in [0.29, 0.717) is 5.84 Å². The van der Waals surface area contributed by atoms with Gasteiger partial charge in [0, 0.05) is 17.9 Å². The van der Waals surface area contributed by atoms with Crippen molar-refractivity contribution in [2.45, 2.75) is 11.3 Å². The Balaban J connectivity index is 1.90. The Kier molecular flexibility index (Phi) is 3.65. The molecule has 2 aromatic rings. The number of rotatable bonds is 3. The molecule has 3 nitrogen and oxygen atoms in total. The molecule has 20 heavy (non-hydrogen) atoms. The molecule has 1 aliphatic rings. The average Bonchev–Trinajstić information content (AvgIpc) is 2.94. The molecule has 0 saturated heterocycles. The van der Waals surface area contributed by atoms with Gasteiger partial charge in [-0.3, -0.25) is 5.01 Å². The zero-order valence-corrected chi connectivity index (χ0v) is 12.2. The lowest BCUT2D eigenvalue weighted by Gasteiger charge is -2.14. The average molecular weight is 283 g/mol. The lowest BCUT2D eigenvalue weighted by atomic mass is 10.1. The maximum Gasteiger partial charge on any atom is 0.122 e. The zero-order valence-electron chi connectivity index (χ0n) is 11.4. The molecular weight excluding hydrogens is 266 g/mol. The smallest absolute Gasteiger partial charge is 0.122 e. The van der Waals surface area contributed by atoms with Crippen LogP contribution in [-0.4, -0.2) is 18.6 Å². The van der Waals surface area contributed by atoms with Crippen LogP contribution in [0, 0.1) is 0 Å². The van der Waals surface area contributed by atoms with Gasteiger partial charge in [0.05, 0.1) is 5.69 Å². The summed E-state index contributed by atoms with van der Waals surface area (Å²) >= 11 is 1.76. The first kappa shape index (κ1) is 13.1. The van der Waals surface area contributed by atoms with Crippen molar-refractivity contribution in [3.05, 3.63) is 48.5 Å². The van der Waals surface area contributed by atoms with Gasteiger partial charge in [-0.1, -0.05) is 24.3 Å². The molecule has 0 aliphatic carbocycles. The van der Waals surface area contributed by atoms with Crippen LogP contribution in [0.2, 0.25) is 0 Å². The van der Waals surface area contributed by atoms with Crippen LogP contribution in [0.4, 0.5) is 5.69 Å². The summed E-state index contributed by atoms with van der Waals surface area (Å²) in [5, 5.41) is 6.31. The van der Waals surface area contributed by atoms with Crippen molar-refractivity contribution < 1.29 is 0 Å². The molecule has 3 rings (SSSR count). The molecule has 0 amide bonds.